The van der Waals surface area contributed by atoms with Crippen molar-refractivity contribution in [2.45, 2.75) is 53.0 Å². The maximum atomic E-state index is 5.57. The van der Waals surface area contributed by atoms with Crippen molar-refractivity contribution in [2.75, 3.05) is 13.1 Å². The van der Waals surface area contributed by atoms with Crippen LogP contribution in [-0.2, 0) is 13.0 Å². The van der Waals surface area contributed by atoms with Gasteiger partial charge in [0.1, 0.15) is 12.3 Å². The third kappa shape index (κ3) is 6.99. The van der Waals surface area contributed by atoms with E-state index in [1.54, 1.807) is 0 Å². The van der Waals surface area contributed by atoms with E-state index in [4.69, 9.17) is 4.42 Å². The topological polar surface area (TPSA) is 62.5 Å². The summed E-state index contributed by atoms with van der Waals surface area (Å²) in [5.74, 6) is 2.34. The van der Waals surface area contributed by atoms with Crippen LogP contribution in [0.2, 0.25) is 0 Å². The van der Waals surface area contributed by atoms with Crippen LogP contribution >= 0.6 is 0 Å². The van der Waals surface area contributed by atoms with Gasteiger partial charge in [-0.25, -0.2) is 9.98 Å². The van der Waals surface area contributed by atoms with Crippen molar-refractivity contribution in [1.29, 1.82) is 0 Å². The molecule has 0 spiro atoms. The smallest absolute Gasteiger partial charge is 0.216 e. The fourth-order valence-electron chi connectivity index (χ4n) is 2.58. The zero-order chi connectivity index (χ0) is 17.9. The standard InChI is InChI=1S/C20H30N4O/c1-4-21-20(23-15-19-24-16(2)17(3)25-19)22-14-10-6-9-13-18-11-7-5-8-12-18/h5,7-8,11-12H,4,6,9-10,13-15H2,1-3H3,(H2,21,22,23). The first-order valence-electron chi connectivity index (χ1n) is 9.18. The molecule has 5 nitrogen and oxygen atoms in total. The number of oxazole rings is 1. The number of nitrogens with one attached hydrogen (secondary N) is 2. The first-order chi connectivity index (χ1) is 12.2. The fourth-order valence-corrected chi connectivity index (χ4v) is 2.58. The second-order valence-electron chi connectivity index (χ2n) is 6.17. The predicted octanol–water partition coefficient (Wildman–Crippen LogP) is 3.76. The van der Waals surface area contributed by atoms with Gasteiger partial charge in [-0.15, -0.1) is 0 Å². The van der Waals surface area contributed by atoms with Gasteiger partial charge in [-0.1, -0.05) is 36.8 Å². The van der Waals surface area contributed by atoms with E-state index in [0.29, 0.717) is 12.4 Å². The van der Waals surface area contributed by atoms with E-state index >= 15 is 0 Å². The van der Waals surface area contributed by atoms with Gasteiger partial charge in [0.2, 0.25) is 5.89 Å². The van der Waals surface area contributed by atoms with Gasteiger partial charge in [0.25, 0.3) is 0 Å². The first kappa shape index (κ1) is 19.0. The van der Waals surface area contributed by atoms with Crippen LogP contribution in [0.1, 0.15) is 49.1 Å². The Kier molecular flexibility index (Phi) is 8.02. The summed E-state index contributed by atoms with van der Waals surface area (Å²) in [7, 11) is 0. The Morgan fingerprint density at radius 3 is 2.56 bits per heavy atom. The number of nitrogens with zero attached hydrogens (tertiary/aromatic N) is 2. The van der Waals surface area contributed by atoms with E-state index in [1.807, 2.05) is 13.8 Å². The van der Waals surface area contributed by atoms with Crippen molar-refractivity contribution in [3.8, 4) is 0 Å². The summed E-state index contributed by atoms with van der Waals surface area (Å²) in [6.07, 6.45) is 4.71. The molecule has 0 radical (unpaired) electrons. The first-order valence-corrected chi connectivity index (χ1v) is 9.18. The lowest BCUT2D eigenvalue weighted by molar-refractivity contribution is 0.472. The molecular formula is C20H30N4O. The van der Waals surface area contributed by atoms with E-state index in [1.165, 1.54) is 18.4 Å². The number of hydrogen-bond donors (Lipinski definition) is 2. The SMILES string of the molecule is CCNC(=NCc1nc(C)c(C)o1)NCCCCCc1ccccc1. The highest BCUT2D eigenvalue weighted by atomic mass is 16.4. The lowest BCUT2D eigenvalue weighted by Crippen LogP contribution is -2.37. The molecule has 0 aliphatic heterocycles. The molecule has 0 bridgehead atoms. The summed E-state index contributed by atoms with van der Waals surface area (Å²) in [5, 5.41) is 6.64. The molecule has 2 N–H and O–H groups in total. The van der Waals surface area contributed by atoms with Crippen molar-refractivity contribution in [2.24, 2.45) is 4.99 Å². The van der Waals surface area contributed by atoms with Gasteiger partial charge in [-0.3, -0.25) is 0 Å². The Labute approximate surface area is 151 Å². The molecule has 0 saturated carbocycles. The highest BCUT2D eigenvalue weighted by molar-refractivity contribution is 5.79. The molecule has 2 rings (SSSR count). The highest BCUT2D eigenvalue weighted by Gasteiger charge is 2.05. The van der Waals surface area contributed by atoms with E-state index in [2.05, 4.69) is 57.9 Å². The van der Waals surface area contributed by atoms with Crippen molar-refractivity contribution in [1.82, 2.24) is 15.6 Å². The third-order valence-corrected chi connectivity index (χ3v) is 4.07. The van der Waals surface area contributed by atoms with Gasteiger partial charge in [0.15, 0.2) is 5.96 Å². The van der Waals surface area contributed by atoms with E-state index in [0.717, 1.165) is 43.3 Å². The second kappa shape index (κ2) is 10.5. The van der Waals surface area contributed by atoms with Crippen molar-refractivity contribution >= 4 is 5.96 Å². The molecule has 0 saturated heterocycles. The maximum absolute atomic E-state index is 5.57. The molecular weight excluding hydrogens is 312 g/mol. The Morgan fingerprint density at radius 2 is 1.88 bits per heavy atom. The van der Waals surface area contributed by atoms with Crippen LogP contribution in [0.5, 0.6) is 0 Å². The zero-order valence-corrected chi connectivity index (χ0v) is 15.6. The Hall–Kier alpha value is -2.30. The number of rotatable bonds is 9. The molecule has 0 unspecified atom stereocenters. The number of guanidine groups is 1. The van der Waals surface area contributed by atoms with Gasteiger partial charge in [0.05, 0.1) is 5.69 Å². The molecule has 0 aliphatic rings. The van der Waals surface area contributed by atoms with Crippen LogP contribution in [0.15, 0.2) is 39.7 Å². The van der Waals surface area contributed by atoms with Crippen LogP contribution in [0.4, 0.5) is 0 Å². The number of aromatic nitrogens is 1. The van der Waals surface area contributed by atoms with Gasteiger partial charge < -0.3 is 15.1 Å². The quantitative estimate of drug-likeness (QED) is 0.414. The van der Waals surface area contributed by atoms with Crippen LogP contribution in [0.3, 0.4) is 0 Å². The Bertz CT molecular complexity index is 629. The lowest BCUT2D eigenvalue weighted by atomic mass is 10.1. The van der Waals surface area contributed by atoms with Gasteiger partial charge in [-0.05, 0) is 45.6 Å². The third-order valence-electron chi connectivity index (χ3n) is 4.07. The molecule has 25 heavy (non-hydrogen) atoms. The van der Waals surface area contributed by atoms with Crippen molar-refractivity contribution < 1.29 is 4.42 Å². The predicted molar refractivity (Wildman–Crippen MR) is 103 cm³/mol. The number of unbranched alkanes of at least 4 members (excludes halogenated alkanes) is 2. The molecule has 136 valence electrons. The average Bonchev–Trinajstić information content (AvgIpc) is 2.94. The fraction of sp³-hybridized carbons (Fsp3) is 0.500. The van der Waals surface area contributed by atoms with Crippen molar-refractivity contribution in [3.63, 3.8) is 0 Å². The molecule has 1 heterocycles. The summed E-state index contributed by atoms with van der Waals surface area (Å²) in [5.41, 5.74) is 2.35. The molecule has 0 aliphatic carbocycles. The maximum Gasteiger partial charge on any atom is 0.216 e. The summed E-state index contributed by atoms with van der Waals surface area (Å²) >= 11 is 0. The second-order valence-corrected chi connectivity index (χ2v) is 6.17. The number of aryl methyl sites for hydroxylation is 3. The van der Waals surface area contributed by atoms with Crippen LogP contribution in [0, 0.1) is 13.8 Å². The van der Waals surface area contributed by atoms with Gasteiger partial charge in [-0.2, -0.15) is 0 Å². The zero-order valence-electron chi connectivity index (χ0n) is 15.6. The van der Waals surface area contributed by atoms with Crippen molar-refractivity contribution in [3.05, 3.63) is 53.2 Å². The normalized spacial score (nSPS) is 11.6. The summed E-state index contributed by atoms with van der Waals surface area (Å²) in [6, 6.07) is 10.7. The average molecular weight is 342 g/mol. The number of aliphatic imine (C=N–C) groups is 1. The van der Waals surface area contributed by atoms with E-state index < -0.39 is 0 Å². The molecule has 0 fully saturated rings. The molecule has 0 atom stereocenters. The minimum absolute atomic E-state index is 0.456. The monoisotopic (exact) mass is 342 g/mol. The van der Waals surface area contributed by atoms with Gasteiger partial charge in [0, 0.05) is 13.1 Å². The van der Waals surface area contributed by atoms with E-state index in [9.17, 15) is 0 Å². The minimum Gasteiger partial charge on any atom is -0.444 e. The van der Waals surface area contributed by atoms with E-state index in [-0.39, 0.29) is 0 Å². The Morgan fingerprint density at radius 1 is 1.08 bits per heavy atom. The van der Waals surface area contributed by atoms with Crippen LogP contribution in [0.25, 0.3) is 0 Å². The van der Waals surface area contributed by atoms with Crippen LogP contribution in [-0.4, -0.2) is 24.0 Å². The summed E-state index contributed by atoms with van der Waals surface area (Å²) < 4.78 is 5.57. The lowest BCUT2D eigenvalue weighted by Gasteiger charge is -2.10. The minimum atomic E-state index is 0.456. The Balaban J connectivity index is 1.67. The number of hydrogen-bond acceptors (Lipinski definition) is 3. The molecule has 1 aromatic heterocycles. The molecule has 5 heteroatoms. The highest BCUT2D eigenvalue weighted by Crippen LogP contribution is 2.09. The summed E-state index contributed by atoms with van der Waals surface area (Å²) in [6.45, 7) is 8.15. The molecule has 1 aromatic carbocycles. The molecule has 0 amide bonds. The van der Waals surface area contributed by atoms with Gasteiger partial charge >= 0.3 is 0 Å². The van der Waals surface area contributed by atoms with Crippen LogP contribution < -0.4 is 10.6 Å². The number of benzene rings is 1. The largest absolute Gasteiger partial charge is 0.444 e. The summed E-state index contributed by atoms with van der Waals surface area (Å²) in [4.78, 5) is 8.90. The molecule has 2 aromatic rings.